The van der Waals surface area contributed by atoms with Crippen LogP contribution < -0.4 is 11.1 Å². The van der Waals surface area contributed by atoms with E-state index in [0.29, 0.717) is 17.5 Å². The summed E-state index contributed by atoms with van der Waals surface area (Å²) in [6.07, 6.45) is 3.90. The van der Waals surface area contributed by atoms with Gasteiger partial charge in [-0.05, 0) is 29.9 Å². The third kappa shape index (κ3) is 2.81. The van der Waals surface area contributed by atoms with Crippen LogP contribution in [-0.4, -0.2) is 26.4 Å². The molecule has 2 aromatic heterocycles. The van der Waals surface area contributed by atoms with Crippen molar-refractivity contribution in [3.8, 4) is 0 Å². The fourth-order valence-electron chi connectivity index (χ4n) is 3.37. The molecule has 0 spiro atoms. The molecule has 3 atom stereocenters. The number of nitrogens with one attached hydrogen (secondary N) is 1. The van der Waals surface area contributed by atoms with Crippen molar-refractivity contribution in [2.24, 2.45) is 17.6 Å². The monoisotopic (exact) mass is 349 g/mol. The predicted octanol–water partition coefficient (Wildman–Crippen LogP) is 1.96. The van der Waals surface area contributed by atoms with Crippen molar-refractivity contribution in [1.29, 1.82) is 0 Å². The van der Waals surface area contributed by atoms with Gasteiger partial charge in [0, 0.05) is 6.20 Å². The summed E-state index contributed by atoms with van der Waals surface area (Å²) in [7, 11) is 0. The van der Waals surface area contributed by atoms with Crippen molar-refractivity contribution >= 4 is 17.5 Å². The summed E-state index contributed by atoms with van der Waals surface area (Å²) < 4.78 is 1.35. The summed E-state index contributed by atoms with van der Waals surface area (Å²) in [5, 5.41) is 7.24. The van der Waals surface area contributed by atoms with Crippen LogP contribution in [0.4, 0.5) is 0 Å². The van der Waals surface area contributed by atoms with Gasteiger partial charge < -0.3 is 11.1 Å². The van der Waals surface area contributed by atoms with Crippen molar-refractivity contribution in [3.63, 3.8) is 0 Å². The van der Waals surface area contributed by atoms with Crippen LogP contribution in [0.1, 0.15) is 45.8 Å². The number of rotatable bonds is 5. The highest BCUT2D eigenvalue weighted by atomic mass is 16.2. The molecule has 3 N–H and O–H groups in total. The molecule has 2 amide bonds. The van der Waals surface area contributed by atoms with Crippen molar-refractivity contribution < 1.29 is 9.59 Å². The molecule has 26 heavy (non-hydrogen) atoms. The van der Waals surface area contributed by atoms with E-state index in [1.807, 2.05) is 30.3 Å². The van der Waals surface area contributed by atoms with Gasteiger partial charge in [-0.25, -0.2) is 9.50 Å². The zero-order valence-corrected chi connectivity index (χ0v) is 14.3. The normalized spacial score (nSPS) is 19.9. The molecule has 3 unspecified atom stereocenters. The Morgan fingerprint density at radius 2 is 2.00 bits per heavy atom. The molecular formula is C19H19N5O2. The lowest BCUT2D eigenvalue weighted by Gasteiger charge is -2.19. The van der Waals surface area contributed by atoms with Gasteiger partial charge in [0.2, 0.25) is 0 Å². The highest BCUT2D eigenvalue weighted by Crippen LogP contribution is 2.47. The minimum absolute atomic E-state index is 0.0620. The highest BCUT2D eigenvalue weighted by molar-refractivity contribution is 5.99. The highest BCUT2D eigenvalue weighted by Gasteiger charge is 2.41. The quantitative estimate of drug-likeness (QED) is 0.735. The molecule has 4 rings (SSSR count). The number of hydrogen-bond donors (Lipinski definition) is 2. The lowest BCUT2D eigenvalue weighted by Crippen LogP contribution is -2.31. The van der Waals surface area contributed by atoms with Gasteiger partial charge in [0.15, 0.2) is 5.65 Å². The lowest BCUT2D eigenvalue weighted by molar-refractivity contribution is 0.0921. The fourth-order valence-corrected chi connectivity index (χ4v) is 3.37. The van der Waals surface area contributed by atoms with Gasteiger partial charge in [-0.15, -0.1) is 0 Å². The number of primary amides is 1. The van der Waals surface area contributed by atoms with E-state index >= 15 is 0 Å². The van der Waals surface area contributed by atoms with E-state index in [2.05, 4.69) is 22.3 Å². The average Bonchev–Trinajstić information content (AvgIpc) is 3.19. The van der Waals surface area contributed by atoms with Gasteiger partial charge in [-0.2, -0.15) is 5.10 Å². The molecule has 1 saturated carbocycles. The van der Waals surface area contributed by atoms with Crippen molar-refractivity contribution in [1.82, 2.24) is 19.9 Å². The second-order valence-electron chi connectivity index (χ2n) is 6.73. The molecule has 2 heterocycles. The Balaban J connectivity index is 1.67. The molecule has 3 aromatic rings. The lowest BCUT2D eigenvalue weighted by atomic mass is 10.0. The first-order chi connectivity index (χ1) is 12.6. The zero-order valence-electron chi connectivity index (χ0n) is 14.3. The van der Waals surface area contributed by atoms with Crippen LogP contribution in [0.3, 0.4) is 0 Å². The SMILES string of the molecule is CC1CC1C(NC(=O)c1ccnc2c(C(N)=O)cnn12)c1ccccc1. The summed E-state index contributed by atoms with van der Waals surface area (Å²) in [6, 6.07) is 11.5. The van der Waals surface area contributed by atoms with E-state index in [9.17, 15) is 9.59 Å². The first-order valence-corrected chi connectivity index (χ1v) is 8.54. The Morgan fingerprint density at radius 1 is 1.27 bits per heavy atom. The smallest absolute Gasteiger partial charge is 0.270 e. The van der Waals surface area contributed by atoms with E-state index in [4.69, 9.17) is 5.73 Å². The van der Waals surface area contributed by atoms with Crippen LogP contribution in [0.2, 0.25) is 0 Å². The summed E-state index contributed by atoms with van der Waals surface area (Å²) >= 11 is 0. The van der Waals surface area contributed by atoms with E-state index in [-0.39, 0.29) is 23.2 Å². The number of nitrogens with two attached hydrogens (primary N) is 1. The Kier molecular flexibility index (Phi) is 3.91. The van der Waals surface area contributed by atoms with E-state index in [1.165, 1.54) is 16.9 Å². The Bertz CT molecular complexity index is 982. The van der Waals surface area contributed by atoms with Gasteiger partial charge in [0.25, 0.3) is 11.8 Å². The largest absolute Gasteiger partial charge is 0.365 e. The number of fused-ring (bicyclic) bond motifs is 1. The molecule has 1 aromatic carbocycles. The number of aromatic nitrogens is 3. The fraction of sp³-hybridized carbons (Fsp3) is 0.263. The summed E-state index contributed by atoms with van der Waals surface area (Å²) in [5.74, 6) is 0.102. The van der Waals surface area contributed by atoms with Gasteiger partial charge in [-0.1, -0.05) is 37.3 Å². The second kappa shape index (κ2) is 6.25. The summed E-state index contributed by atoms with van der Waals surface area (Å²) in [5.41, 5.74) is 7.21. The van der Waals surface area contributed by atoms with Crippen LogP contribution >= 0.6 is 0 Å². The average molecular weight is 349 g/mol. The third-order valence-corrected chi connectivity index (χ3v) is 4.94. The Morgan fingerprint density at radius 3 is 2.65 bits per heavy atom. The van der Waals surface area contributed by atoms with Gasteiger partial charge >= 0.3 is 0 Å². The standard InChI is InChI=1S/C19H19N5O2/c1-11-9-13(11)16(12-5-3-2-4-6-12)23-19(26)15-7-8-21-18-14(17(20)25)10-22-24(15)18/h2-8,10-11,13,16H,9H2,1H3,(H2,20,25)(H,23,26). The second-order valence-corrected chi connectivity index (χ2v) is 6.73. The van der Waals surface area contributed by atoms with Crippen molar-refractivity contribution in [2.45, 2.75) is 19.4 Å². The maximum absolute atomic E-state index is 12.9. The molecule has 1 aliphatic carbocycles. The number of amides is 2. The molecule has 7 nitrogen and oxygen atoms in total. The molecule has 1 aliphatic rings. The summed E-state index contributed by atoms with van der Waals surface area (Å²) in [6.45, 7) is 2.18. The molecule has 0 saturated heterocycles. The Labute approximate surface area is 150 Å². The van der Waals surface area contributed by atoms with Crippen LogP contribution in [0.5, 0.6) is 0 Å². The number of carbonyl (C=O) groups is 2. The predicted molar refractivity (Wildman–Crippen MR) is 95.4 cm³/mol. The third-order valence-electron chi connectivity index (χ3n) is 4.94. The number of carbonyl (C=O) groups excluding carboxylic acids is 2. The van der Waals surface area contributed by atoms with E-state index in [0.717, 1.165) is 12.0 Å². The molecule has 0 bridgehead atoms. The molecule has 1 fully saturated rings. The molecule has 0 aliphatic heterocycles. The minimum Gasteiger partial charge on any atom is -0.365 e. The first-order valence-electron chi connectivity index (χ1n) is 8.54. The molecule has 132 valence electrons. The van der Waals surface area contributed by atoms with Crippen LogP contribution in [0.15, 0.2) is 48.8 Å². The van der Waals surface area contributed by atoms with E-state index < -0.39 is 5.91 Å². The molecule has 0 radical (unpaired) electrons. The number of hydrogen-bond acceptors (Lipinski definition) is 4. The van der Waals surface area contributed by atoms with Crippen LogP contribution in [-0.2, 0) is 0 Å². The van der Waals surface area contributed by atoms with Gasteiger partial charge in [0.05, 0.1) is 12.2 Å². The topological polar surface area (TPSA) is 102 Å². The summed E-state index contributed by atoms with van der Waals surface area (Å²) in [4.78, 5) is 28.5. The van der Waals surface area contributed by atoms with E-state index in [1.54, 1.807) is 6.07 Å². The maximum Gasteiger partial charge on any atom is 0.270 e. The Hall–Kier alpha value is -3.22. The van der Waals surface area contributed by atoms with Crippen molar-refractivity contribution in [3.05, 3.63) is 65.6 Å². The van der Waals surface area contributed by atoms with Gasteiger partial charge in [0.1, 0.15) is 11.3 Å². The molecule has 7 heteroatoms. The molecular weight excluding hydrogens is 330 g/mol. The van der Waals surface area contributed by atoms with Crippen LogP contribution in [0.25, 0.3) is 5.65 Å². The minimum atomic E-state index is -0.626. The van der Waals surface area contributed by atoms with Crippen LogP contribution in [0, 0.1) is 11.8 Å². The van der Waals surface area contributed by atoms with Crippen molar-refractivity contribution in [2.75, 3.05) is 0 Å². The first kappa shape index (κ1) is 16.3. The maximum atomic E-state index is 12.9. The number of benzene rings is 1. The van der Waals surface area contributed by atoms with Gasteiger partial charge in [-0.3, -0.25) is 9.59 Å². The number of nitrogens with zero attached hydrogens (tertiary/aromatic N) is 3. The zero-order chi connectivity index (χ0) is 18.3.